The maximum atomic E-state index is 8.95. The number of hydrogen-bond acceptors (Lipinski definition) is 2. The number of piperidine rings is 1. The number of nitrogens with zero attached hydrogens (tertiary/aromatic N) is 1. The Balaban J connectivity index is 2.37. The van der Waals surface area contributed by atoms with Gasteiger partial charge in [-0.1, -0.05) is 13.3 Å². The van der Waals surface area contributed by atoms with Crippen molar-refractivity contribution < 1.29 is 5.11 Å². The molecular formula is C11H23NO. The second-order valence-corrected chi connectivity index (χ2v) is 4.35. The van der Waals surface area contributed by atoms with Crippen molar-refractivity contribution in [3.05, 3.63) is 0 Å². The van der Waals surface area contributed by atoms with Crippen LogP contribution in [0.4, 0.5) is 0 Å². The number of rotatable bonds is 4. The molecule has 0 aromatic rings. The van der Waals surface area contributed by atoms with Gasteiger partial charge in [-0.15, -0.1) is 0 Å². The van der Waals surface area contributed by atoms with Gasteiger partial charge in [0.15, 0.2) is 0 Å². The normalized spacial score (nSPS) is 27.5. The zero-order chi connectivity index (χ0) is 9.68. The van der Waals surface area contributed by atoms with Crippen LogP contribution >= 0.6 is 0 Å². The number of aliphatic hydroxyl groups excluding tert-OH is 1. The molecule has 2 atom stereocenters. The minimum absolute atomic E-state index is 0.360. The molecule has 13 heavy (non-hydrogen) atoms. The molecule has 1 aliphatic rings. The zero-order valence-electron chi connectivity index (χ0n) is 9.00. The van der Waals surface area contributed by atoms with Crippen molar-refractivity contribution in [2.75, 3.05) is 26.7 Å². The molecular weight excluding hydrogens is 162 g/mol. The van der Waals surface area contributed by atoms with Crippen molar-refractivity contribution in [1.82, 2.24) is 4.90 Å². The van der Waals surface area contributed by atoms with Crippen LogP contribution in [0.25, 0.3) is 0 Å². The van der Waals surface area contributed by atoms with Gasteiger partial charge in [-0.25, -0.2) is 0 Å². The first-order chi connectivity index (χ1) is 6.27. The Morgan fingerprint density at radius 1 is 1.54 bits per heavy atom. The minimum Gasteiger partial charge on any atom is -0.396 e. The second kappa shape index (κ2) is 5.61. The molecule has 0 aromatic carbocycles. The molecule has 78 valence electrons. The molecule has 0 spiro atoms. The predicted molar refractivity (Wildman–Crippen MR) is 55.7 cm³/mol. The minimum atomic E-state index is 0.360. The fraction of sp³-hybridized carbons (Fsp3) is 1.00. The fourth-order valence-corrected chi connectivity index (χ4v) is 2.53. The van der Waals surface area contributed by atoms with Gasteiger partial charge in [-0.3, -0.25) is 0 Å². The van der Waals surface area contributed by atoms with E-state index in [0.29, 0.717) is 6.61 Å². The van der Waals surface area contributed by atoms with Crippen LogP contribution < -0.4 is 0 Å². The van der Waals surface area contributed by atoms with E-state index in [4.69, 9.17) is 5.11 Å². The standard InChI is InChI=1S/C11H23NO/c1-3-10(6-8-13)11-5-4-7-12(2)9-11/h10-11,13H,3-9H2,1-2H3. The van der Waals surface area contributed by atoms with E-state index in [1.165, 1.54) is 32.4 Å². The first-order valence-corrected chi connectivity index (χ1v) is 5.57. The van der Waals surface area contributed by atoms with E-state index in [-0.39, 0.29) is 0 Å². The van der Waals surface area contributed by atoms with E-state index in [0.717, 1.165) is 18.3 Å². The zero-order valence-corrected chi connectivity index (χ0v) is 9.00. The van der Waals surface area contributed by atoms with Crippen molar-refractivity contribution in [2.45, 2.75) is 32.6 Å². The lowest BCUT2D eigenvalue weighted by Gasteiger charge is -2.34. The lowest BCUT2D eigenvalue weighted by molar-refractivity contribution is 0.133. The Morgan fingerprint density at radius 3 is 2.85 bits per heavy atom. The van der Waals surface area contributed by atoms with Crippen molar-refractivity contribution in [3.8, 4) is 0 Å². The molecule has 1 aliphatic heterocycles. The predicted octanol–water partition coefficient (Wildman–Crippen LogP) is 1.74. The summed E-state index contributed by atoms with van der Waals surface area (Å²) in [6, 6.07) is 0. The van der Waals surface area contributed by atoms with Gasteiger partial charge in [0.25, 0.3) is 0 Å². The molecule has 0 aliphatic carbocycles. The average molecular weight is 185 g/mol. The summed E-state index contributed by atoms with van der Waals surface area (Å²) in [5.41, 5.74) is 0. The highest BCUT2D eigenvalue weighted by Gasteiger charge is 2.23. The largest absolute Gasteiger partial charge is 0.396 e. The van der Waals surface area contributed by atoms with Gasteiger partial charge in [0.2, 0.25) is 0 Å². The Bertz CT molecular complexity index is 138. The summed E-state index contributed by atoms with van der Waals surface area (Å²) >= 11 is 0. The summed E-state index contributed by atoms with van der Waals surface area (Å²) in [7, 11) is 2.21. The Hall–Kier alpha value is -0.0800. The van der Waals surface area contributed by atoms with E-state index < -0.39 is 0 Å². The Kier molecular flexibility index (Phi) is 4.74. The van der Waals surface area contributed by atoms with Crippen LogP contribution in [-0.2, 0) is 0 Å². The molecule has 1 heterocycles. The Labute approximate surface area is 81.9 Å². The molecule has 1 saturated heterocycles. The van der Waals surface area contributed by atoms with Crippen molar-refractivity contribution in [1.29, 1.82) is 0 Å². The van der Waals surface area contributed by atoms with Gasteiger partial charge in [-0.2, -0.15) is 0 Å². The lowest BCUT2D eigenvalue weighted by Crippen LogP contribution is -2.35. The van der Waals surface area contributed by atoms with E-state index >= 15 is 0 Å². The highest BCUT2D eigenvalue weighted by Crippen LogP contribution is 2.27. The summed E-state index contributed by atoms with van der Waals surface area (Å²) < 4.78 is 0. The molecule has 1 fully saturated rings. The summed E-state index contributed by atoms with van der Waals surface area (Å²) in [4.78, 5) is 2.42. The number of aliphatic hydroxyl groups is 1. The highest BCUT2D eigenvalue weighted by molar-refractivity contribution is 4.76. The van der Waals surface area contributed by atoms with Crippen LogP contribution in [0.15, 0.2) is 0 Å². The molecule has 0 amide bonds. The third-order valence-corrected chi connectivity index (χ3v) is 3.35. The van der Waals surface area contributed by atoms with Crippen LogP contribution in [0.5, 0.6) is 0 Å². The first kappa shape index (κ1) is 11.0. The quantitative estimate of drug-likeness (QED) is 0.721. The van der Waals surface area contributed by atoms with Gasteiger partial charge in [0, 0.05) is 13.2 Å². The van der Waals surface area contributed by atoms with Gasteiger partial charge in [0.05, 0.1) is 0 Å². The summed E-state index contributed by atoms with van der Waals surface area (Å²) in [5.74, 6) is 1.57. The van der Waals surface area contributed by atoms with Crippen LogP contribution in [0.2, 0.25) is 0 Å². The number of likely N-dealkylation sites (tertiary alicyclic amines) is 1. The van der Waals surface area contributed by atoms with Crippen molar-refractivity contribution in [3.63, 3.8) is 0 Å². The smallest absolute Gasteiger partial charge is 0.0433 e. The lowest BCUT2D eigenvalue weighted by atomic mass is 9.82. The molecule has 0 bridgehead atoms. The third-order valence-electron chi connectivity index (χ3n) is 3.35. The van der Waals surface area contributed by atoms with Gasteiger partial charge < -0.3 is 10.0 Å². The molecule has 1 N–H and O–H groups in total. The Morgan fingerprint density at radius 2 is 2.31 bits per heavy atom. The maximum Gasteiger partial charge on any atom is 0.0433 e. The average Bonchev–Trinajstić information content (AvgIpc) is 2.14. The van der Waals surface area contributed by atoms with Gasteiger partial charge >= 0.3 is 0 Å². The van der Waals surface area contributed by atoms with Crippen molar-refractivity contribution in [2.24, 2.45) is 11.8 Å². The number of hydrogen-bond donors (Lipinski definition) is 1. The monoisotopic (exact) mass is 185 g/mol. The second-order valence-electron chi connectivity index (χ2n) is 4.35. The van der Waals surface area contributed by atoms with E-state index in [9.17, 15) is 0 Å². The molecule has 2 unspecified atom stereocenters. The fourth-order valence-electron chi connectivity index (χ4n) is 2.53. The molecule has 0 aromatic heterocycles. The van der Waals surface area contributed by atoms with Crippen LogP contribution in [0.3, 0.4) is 0 Å². The molecule has 0 radical (unpaired) electrons. The van der Waals surface area contributed by atoms with Crippen LogP contribution in [0.1, 0.15) is 32.6 Å². The molecule has 2 heteroatoms. The first-order valence-electron chi connectivity index (χ1n) is 5.57. The van der Waals surface area contributed by atoms with E-state index in [1.54, 1.807) is 0 Å². The van der Waals surface area contributed by atoms with Crippen molar-refractivity contribution >= 4 is 0 Å². The summed E-state index contributed by atoms with van der Waals surface area (Å²) in [5, 5.41) is 8.95. The summed E-state index contributed by atoms with van der Waals surface area (Å²) in [6.45, 7) is 5.10. The molecule has 0 saturated carbocycles. The van der Waals surface area contributed by atoms with Crippen LogP contribution in [-0.4, -0.2) is 36.8 Å². The topological polar surface area (TPSA) is 23.5 Å². The SMILES string of the molecule is CCC(CCO)C1CCCN(C)C1. The highest BCUT2D eigenvalue weighted by atomic mass is 16.3. The van der Waals surface area contributed by atoms with Crippen LogP contribution in [0, 0.1) is 11.8 Å². The molecule has 2 nitrogen and oxygen atoms in total. The van der Waals surface area contributed by atoms with E-state index in [2.05, 4.69) is 18.9 Å². The van der Waals surface area contributed by atoms with E-state index in [1.807, 2.05) is 0 Å². The molecule has 1 rings (SSSR count). The van der Waals surface area contributed by atoms with Gasteiger partial charge in [0.1, 0.15) is 0 Å². The van der Waals surface area contributed by atoms with Gasteiger partial charge in [-0.05, 0) is 44.7 Å². The third kappa shape index (κ3) is 3.28. The summed E-state index contributed by atoms with van der Waals surface area (Å²) in [6.07, 6.45) is 4.92. The maximum absolute atomic E-state index is 8.95.